The average Bonchev–Trinajstić information content (AvgIpc) is 3.45. The van der Waals surface area contributed by atoms with Crippen molar-refractivity contribution in [3.63, 3.8) is 0 Å². The number of carbonyl (C=O) groups excluding carboxylic acids is 1. The van der Waals surface area contributed by atoms with Crippen molar-refractivity contribution in [1.29, 1.82) is 0 Å². The molecule has 1 saturated heterocycles. The van der Waals surface area contributed by atoms with Gasteiger partial charge >= 0.3 is 12.1 Å². The molecule has 4 N–H and O–H groups in total. The van der Waals surface area contributed by atoms with Crippen LogP contribution in [0.25, 0.3) is 11.2 Å². The van der Waals surface area contributed by atoms with Crippen molar-refractivity contribution < 1.29 is 32.9 Å². The van der Waals surface area contributed by atoms with Crippen LogP contribution in [0.15, 0.2) is 36.9 Å². The number of alkyl halides is 3. The summed E-state index contributed by atoms with van der Waals surface area (Å²) >= 11 is 0. The lowest BCUT2D eigenvalue weighted by molar-refractivity contribution is -0.173. The molecule has 1 aromatic carbocycles. The minimum absolute atomic E-state index is 0.190. The van der Waals surface area contributed by atoms with E-state index in [4.69, 9.17) is 4.74 Å². The van der Waals surface area contributed by atoms with E-state index >= 15 is 0 Å². The average molecular weight is 504 g/mol. The smallest absolute Gasteiger partial charge is 0.394 e. The zero-order valence-corrected chi connectivity index (χ0v) is 19.0. The highest BCUT2D eigenvalue weighted by molar-refractivity contribution is 5.83. The van der Waals surface area contributed by atoms with Gasteiger partial charge in [-0.15, -0.1) is 0 Å². The Hall–Kier alpha value is -3.73. The van der Waals surface area contributed by atoms with Gasteiger partial charge in [-0.3, -0.25) is 9.36 Å². The van der Waals surface area contributed by atoms with Crippen molar-refractivity contribution in [2.75, 3.05) is 18.5 Å². The van der Waals surface area contributed by atoms with E-state index in [1.165, 1.54) is 6.33 Å². The lowest BCUT2D eigenvalue weighted by atomic mass is 10.1. The van der Waals surface area contributed by atoms with E-state index in [9.17, 15) is 28.2 Å². The third-order valence-electron chi connectivity index (χ3n) is 5.64. The predicted molar refractivity (Wildman–Crippen MR) is 121 cm³/mol. The van der Waals surface area contributed by atoms with E-state index in [0.717, 1.165) is 5.56 Å². The number of aliphatic hydroxyl groups is 2. The molecule has 0 spiro atoms. The number of nitrogens with zero attached hydrogens (tertiary/aromatic N) is 4. The number of hydrogen-bond donors (Lipinski definition) is 4. The summed E-state index contributed by atoms with van der Waals surface area (Å²) in [5.41, 5.74) is 2.50. The number of fused-ring (bicyclic) bond motifs is 1. The first-order valence-electron chi connectivity index (χ1n) is 11.0. The van der Waals surface area contributed by atoms with Gasteiger partial charge in [-0.25, -0.2) is 15.0 Å². The summed E-state index contributed by atoms with van der Waals surface area (Å²) in [4.78, 5) is 23.8. The maximum atomic E-state index is 12.2. The van der Waals surface area contributed by atoms with Crippen LogP contribution in [0.4, 0.5) is 19.0 Å². The van der Waals surface area contributed by atoms with Gasteiger partial charge in [-0.2, -0.15) is 13.2 Å². The fraction of sp³-hybridized carbons (Fsp3) is 0.391. The zero-order valence-electron chi connectivity index (χ0n) is 19.0. The van der Waals surface area contributed by atoms with Crippen LogP contribution in [0, 0.1) is 11.8 Å². The highest BCUT2D eigenvalue weighted by Gasteiger charge is 2.38. The summed E-state index contributed by atoms with van der Waals surface area (Å²) < 4.78 is 43.9. The normalized spacial score (nSPS) is 20.6. The summed E-state index contributed by atoms with van der Waals surface area (Å²) in [6, 6.07) is 6.88. The molecule has 10 nitrogen and oxygen atoms in total. The van der Waals surface area contributed by atoms with E-state index in [1.807, 2.05) is 19.1 Å². The Balaban J connectivity index is 1.41. The molecule has 4 atom stereocenters. The SMILES string of the molecule is CC(Nc1ncnc2c1ncn2[C@H]1C[C@@H](O)[C@@H](CO)O1)c1ccc(C#CCNC(=O)C(F)(F)F)cc1. The van der Waals surface area contributed by atoms with Crippen molar-refractivity contribution in [3.05, 3.63) is 48.0 Å². The lowest BCUT2D eigenvalue weighted by Crippen LogP contribution is -2.36. The Morgan fingerprint density at radius 3 is 2.69 bits per heavy atom. The van der Waals surface area contributed by atoms with E-state index in [0.29, 0.717) is 29.0 Å². The number of amides is 1. The van der Waals surface area contributed by atoms with E-state index in [1.54, 1.807) is 28.3 Å². The van der Waals surface area contributed by atoms with Gasteiger partial charge in [-0.1, -0.05) is 24.0 Å². The number of aromatic nitrogens is 4. The molecule has 1 aliphatic heterocycles. The first kappa shape index (κ1) is 25.4. The molecule has 0 bridgehead atoms. The van der Waals surface area contributed by atoms with Crippen LogP contribution in [-0.2, 0) is 9.53 Å². The Morgan fingerprint density at radius 1 is 1.28 bits per heavy atom. The molecule has 4 rings (SSSR count). The first-order chi connectivity index (χ1) is 17.2. The van der Waals surface area contributed by atoms with Crippen LogP contribution in [0.1, 0.15) is 36.7 Å². The number of ether oxygens (including phenoxy) is 1. The summed E-state index contributed by atoms with van der Waals surface area (Å²) in [6.45, 7) is 1.21. The molecule has 1 aliphatic rings. The standard InChI is InChI=1S/C23H23F3N6O4/c1-13(15-6-4-14(5-7-15)3-2-8-27-22(35)23(24,25)26)31-20-19-21(29-11-28-20)32(12-30-19)18-9-16(34)17(10-33)36-18/h4-7,11-13,16-18,33-34H,8-10H2,1H3,(H,27,35)(H,28,29,31)/t13?,16-,17-,18-/m1/s1. The fourth-order valence-corrected chi connectivity index (χ4v) is 3.73. The maximum Gasteiger partial charge on any atom is 0.471 e. The van der Waals surface area contributed by atoms with Crippen LogP contribution in [0.3, 0.4) is 0 Å². The quantitative estimate of drug-likeness (QED) is 0.373. The minimum Gasteiger partial charge on any atom is -0.394 e. The molecule has 1 fully saturated rings. The monoisotopic (exact) mass is 504 g/mol. The van der Waals surface area contributed by atoms with Gasteiger partial charge in [0, 0.05) is 12.0 Å². The highest BCUT2D eigenvalue weighted by Crippen LogP contribution is 2.32. The molecular weight excluding hydrogens is 481 g/mol. The first-order valence-corrected chi connectivity index (χ1v) is 11.0. The lowest BCUT2D eigenvalue weighted by Gasteiger charge is -2.16. The summed E-state index contributed by atoms with van der Waals surface area (Å²) in [7, 11) is 0. The van der Waals surface area contributed by atoms with Gasteiger partial charge in [-0.05, 0) is 24.6 Å². The summed E-state index contributed by atoms with van der Waals surface area (Å²) in [5, 5.41) is 24.3. The molecule has 0 aliphatic carbocycles. The molecule has 36 heavy (non-hydrogen) atoms. The molecule has 3 aromatic rings. The largest absolute Gasteiger partial charge is 0.471 e. The number of anilines is 1. The van der Waals surface area contributed by atoms with Gasteiger partial charge in [0.15, 0.2) is 17.0 Å². The number of nitrogens with one attached hydrogen (secondary N) is 2. The highest BCUT2D eigenvalue weighted by atomic mass is 19.4. The molecule has 13 heteroatoms. The zero-order chi connectivity index (χ0) is 25.9. The van der Waals surface area contributed by atoms with Crippen molar-refractivity contribution in [2.24, 2.45) is 0 Å². The number of benzene rings is 1. The van der Waals surface area contributed by atoms with E-state index in [-0.39, 0.29) is 12.6 Å². The van der Waals surface area contributed by atoms with E-state index in [2.05, 4.69) is 32.1 Å². The van der Waals surface area contributed by atoms with E-state index < -0.39 is 37.1 Å². The van der Waals surface area contributed by atoms with Crippen molar-refractivity contribution in [2.45, 2.75) is 44.0 Å². The maximum absolute atomic E-state index is 12.2. The van der Waals surface area contributed by atoms with Gasteiger partial charge in [0.2, 0.25) is 0 Å². The molecular formula is C23H23F3N6O4. The second-order valence-electron chi connectivity index (χ2n) is 8.13. The topological polar surface area (TPSA) is 134 Å². The van der Waals surface area contributed by atoms with Crippen LogP contribution < -0.4 is 10.6 Å². The number of imidazole rings is 1. The summed E-state index contributed by atoms with van der Waals surface area (Å²) in [6.07, 6.45) is -3.67. The van der Waals surface area contributed by atoms with Crippen LogP contribution in [-0.4, -0.2) is 67.2 Å². The number of carbonyl (C=O) groups is 1. The molecule has 0 radical (unpaired) electrons. The third kappa shape index (κ3) is 5.56. The van der Waals surface area contributed by atoms with Gasteiger partial charge in [0.05, 0.1) is 31.6 Å². The summed E-state index contributed by atoms with van der Waals surface area (Å²) in [5.74, 6) is 3.65. The Bertz CT molecular complexity index is 1280. The van der Waals surface area contributed by atoms with Crippen LogP contribution >= 0.6 is 0 Å². The van der Waals surface area contributed by atoms with Gasteiger partial charge in [0.25, 0.3) is 0 Å². The van der Waals surface area contributed by atoms with Crippen molar-refractivity contribution >= 4 is 22.9 Å². The molecule has 1 amide bonds. The van der Waals surface area contributed by atoms with Gasteiger partial charge < -0.3 is 25.6 Å². The Morgan fingerprint density at radius 2 is 2.03 bits per heavy atom. The van der Waals surface area contributed by atoms with Gasteiger partial charge in [0.1, 0.15) is 18.7 Å². The Kier molecular flexibility index (Phi) is 7.39. The van der Waals surface area contributed by atoms with Crippen molar-refractivity contribution in [1.82, 2.24) is 24.8 Å². The molecule has 2 aromatic heterocycles. The van der Waals surface area contributed by atoms with Crippen LogP contribution in [0.5, 0.6) is 0 Å². The van der Waals surface area contributed by atoms with Crippen LogP contribution in [0.2, 0.25) is 0 Å². The molecule has 1 unspecified atom stereocenters. The number of hydrogen-bond acceptors (Lipinski definition) is 8. The predicted octanol–water partition coefficient (Wildman–Crippen LogP) is 1.67. The molecule has 190 valence electrons. The Labute approximate surface area is 203 Å². The molecule has 3 heterocycles. The third-order valence-corrected chi connectivity index (χ3v) is 5.64. The number of rotatable bonds is 6. The molecule has 0 saturated carbocycles. The minimum atomic E-state index is -4.93. The van der Waals surface area contributed by atoms with Crippen molar-refractivity contribution in [3.8, 4) is 11.8 Å². The number of aliphatic hydroxyl groups excluding tert-OH is 2. The second-order valence-corrected chi connectivity index (χ2v) is 8.13. The fourth-order valence-electron chi connectivity index (χ4n) is 3.73. The number of halogens is 3. The second kappa shape index (κ2) is 10.5.